The van der Waals surface area contributed by atoms with E-state index >= 15 is 0 Å². The maximum Gasteiger partial charge on any atom is 0.170 e. The number of rotatable bonds is 2. The van der Waals surface area contributed by atoms with Crippen LogP contribution in [-0.2, 0) is 0 Å². The number of halogens is 1. The maximum absolute atomic E-state index is 9.24. The highest BCUT2D eigenvalue weighted by molar-refractivity contribution is 6.25. The fourth-order valence-corrected chi connectivity index (χ4v) is 0.596. The van der Waals surface area contributed by atoms with Crippen LogP contribution in [0.15, 0.2) is 11.6 Å². The molecule has 0 aromatic rings. The van der Waals surface area contributed by atoms with Crippen molar-refractivity contribution in [2.24, 2.45) is 0 Å². The summed E-state index contributed by atoms with van der Waals surface area (Å²) in [6.07, 6.45) is 5.06. The van der Waals surface area contributed by atoms with E-state index in [0.29, 0.717) is 0 Å². The molecule has 0 aliphatic rings. The molecule has 0 radical (unpaired) electrons. The maximum atomic E-state index is 9.24. The lowest BCUT2D eigenvalue weighted by molar-refractivity contribution is 0.0134. The molecule has 0 spiro atoms. The van der Waals surface area contributed by atoms with Crippen molar-refractivity contribution in [3.05, 3.63) is 11.6 Å². The SMILES string of the molecule is C#CC(O)(C=CCl)C(C)O. The Morgan fingerprint density at radius 2 is 2.30 bits per heavy atom. The Labute approximate surface area is 65.1 Å². The van der Waals surface area contributed by atoms with Crippen LogP contribution in [-0.4, -0.2) is 21.9 Å². The summed E-state index contributed by atoms with van der Waals surface area (Å²) in [5.74, 6) is 2.01. The molecule has 0 aliphatic heterocycles. The lowest BCUT2D eigenvalue weighted by Gasteiger charge is -2.20. The molecule has 0 heterocycles. The second-order valence-corrected chi connectivity index (χ2v) is 2.19. The van der Waals surface area contributed by atoms with Crippen molar-refractivity contribution >= 4 is 11.6 Å². The molecular weight excluding hydrogens is 152 g/mol. The second-order valence-electron chi connectivity index (χ2n) is 1.94. The van der Waals surface area contributed by atoms with Crippen LogP contribution >= 0.6 is 11.6 Å². The van der Waals surface area contributed by atoms with Gasteiger partial charge in [-0.3, -0.25) is 0 Å². The van der Waals surface area contributed by atoms with Crippen LogP contribution in [0.2, 0.25) is 0 Å². The number of aliphatic hydroxyl groups is 2. The molecule has 0 aromatic heterocycles. The topological polar surface area (TPSA) is 40.5 Å². The monoisotopic (exact) mass is 160 g/mol. The fourth-order valence-electron chi connectivity index (χ4n) is 0.404. The fraction of sp³-hybridized carbons (Fsp3) is 0.429. The van der Waals surface area contributed by atoms with E-state index < -0.39 is 11.7 Å². The molecule has 2 unspecified atom stereocenters. The van der Waals surface area contributed by atoms with Gasteiger partial charge in [0.25, 0.3) is 0 Å². The first-order valence-electron chi connectivity index (χ1n) is 2.73. The molecule has 0 saturated heterocycles. The van der Waals surface area contributed by atoms with Crippen LogP contribution in [0.25, 0.3) is 0 Å². The average Bonchev–Trinajstić information content (AvgIpc) is 1.88. The van der Waals surface area contributed by atoms with E-state index in [0.717, 1.165) is 11.6 Å². The normalized spacial score (nSPS) is 19.9. The number of hydrogen-bond acceptors (Lipinski definition) is 2. The van der Waals surface area contributed by atoms with Gasteiger partial charge in [-0.25, -0.2) is 0 Å². The van der Waals surface area contributed by atoms with Crippen LogP contribution < -0.4 is 0 Å². The standard InChI is InChI=1S/C7H9ClO2/c1-3-7(10,4-5-8)6(2)9/h1,4-6,9-10H,2H3. The van der Waals surface area contributed by atoms with Gasteiger partial charge in [0.15, 0.2) is 5.60 Å². The van der Waals surface area contributed by atoms with Crippen LogP contribution in [0.5, 0.6) is 0 Å². The molecule has 0 fully saturated rings. The van der Waals surface area contributed by atoms with Crippen molar-refractivity contribution in [3.63, 3.8) is 0 Å². The highest BCUT2D eigenvalue weighted by Gasteiger charge is 2.26. The molecule has 2 nitrogen and oxygen atoms in total. The van der Waals surface area contributed by atoms with Crippen LogP contribution in [0, 0.1) is 12.3 Å². The van der Waals surface area contributed by atoms with Gasteiger partial charge in [0, 0.05) is 5.54 Å². The zero-order valence-corrected chi connectivity index (χ0v) is 6.34. The first-order valence-corrected chi connectivity index (χ1v) is 3.16. The van der Waals surface area contributed by atoms with E-state index in [4.69, 9.17) is 23.1 Å². The zero-order chi connectivity index (χ0) is 8.20. The minimum Gasteiger partial charge on any atom is -0.389 e. The lowest BCUT2D eigenvalue weighted by Crippen LogP contribution is -2.36. The molecule has 0 bridgehead atoms. The van der Waals surface area contributed by atoms with E-state index in [9.17, 15) is 5.11 Å². The molecule has 0 aromatic carbocycles. The Morgan fingerprint density at radius 1 is 1.80 bits per heavy atom. The van der Waals surface area contributed by atoms with E-state index in [1.807, 2.05) is 5.92 Å². The van der Waals surface area contributed by atoms with E-state index in [1.165, 1.54) is 6.92 Å². The molecule has 0 aliphatic carbocycles. The summed E-state index contributed by atoms with van der Waals surface area (Å²) in [4.78, 5) is 0. The third kappa shape index (κ3) is 2.03. The van der Waals surface area contributed by atoms with Gasteiger partial charge in [-0.1, -0.05) is 17.5 Å². The highest BCUT2D eigenvalue weighted by Crippen LogP contribution is 2.11. The molecule has 0 rings (SSSR count). The van der Waals surface area contributed by atoms with Gasteiger partial charge in [-0.05, 0) is 13.0 Å². The minimum atomic E-state index is -1.64. The second kappa shape index (κ2) is 3.62. The summed E-state index contributed by atoms with van der Waals surface area (Å²) in [7, 11) is 0. The smallest absolute Gasteiger partial charge is 0.170 e. The van der Waals surface area contributed by atoms with Gasteiger partial charge in [-0.15, -0.1) is 6.42 Å². The molecule has 3 heteroatoms. The molecule has 56 valence electrons. The number of hydrogen-bond donors (Lipinski definition) is 2. The summed E-state index contributed by atoms with van der Waals surface area (Å²) in [5.41, 5.74) is -0.561. The van der Waals surface area contributed by atoms with Gasteiger partial charge >= 0.3 is 0 Å². The van der Waals surface area contributed by atoms with Gasteiger partial charge < -0.3 is 10.2 Å². The van der Waals surface area contributed by atoms with Gasteiger partial charge in [-0.2, -0.15) is 0 Å². The zero-order valence-electron chi connectivity index (χ0n) is 5.58. The molecular formula is C7H9ClO2. The van der Waals surface area contributed by atoms with Crippen molar-refractivity contribution < 1.29 is 10.2 Å². The van der Waals surface area contributed by atoms with E-state index in [1.54, 1.807) is 0 Å². The van der Waals surface area contributed by atoms with E-state index in [-0.39, 0.29) is 0 Å². The number of aliphatic hydroxyl groups excluding tert-OH is 1. The summed E-state index contributed by atoms with van der Waals surface area (Å²) >= 11 is 5.16. The van der Waals surface area contributed by atoms with Gasteiger partial charge in [0.05, 0.1) is 6.10 Å². The lowest BCUT2D eigenvalue weighted by atomic mass is 10.00. The molecule has 10 heavy (non-hydrogen) atoms. The van der Waals surface area contributed by atoms with E-state index in [2.05, 4.69) is 0 Å². The first kappa shape index (κ1) is 9.51. The Kier molecular flexibility index (Phi) is 3.45. The Hall–Kier alpha value is -0.490. The van der Waals surface area contributed by atoms with Crippen LogP contribution in [0.3, 0.4) is 0 Å². The quantitative estimate of drug-likeness (QED) is 0.577. The Balaban J connectivity index is 4.43. The van der Waals surface area contributed by atoms with Crippen LogP contribution in [0.1, 0.15) is 6.92 Å². The van der Waals surface area contributed by atoms with Crippen LogP contribution in [0.4, 0.5) is 0 Å². The summed E-state index contributed by atoms with van der Waals surface area (Å²) in [6.45, 7) is 1.39. The average molecular weight is 161 g/mol. The molecule has 0 amide bonds. The Morgan fingerprint density at radius 3 is 2.40 bits per heavy atom. The van der Waals surface area contributed by atoms with Crippen molar-refractivity contribution in [1.29, 1.82) is 0 Å². The minimum absolute atomic E-state index is 1.02. The van der Waals surface area contributed by atoms with Crippen molar-refractivity contribution in [1.82, 2.24) is 0 Å². The first-order chi connectivity index (χ1) is 4.56. The summed E-state index contributed by atoms with van der Waals surface area (Å²) < 4.78 is 0. The Bertz CT molecular complexity index is 169. The van der Waals surface area contributed by atoms with Gasteiger partial charge in [0.2, 0.25) is 0 Å². The van der Waals surface area contributed by atoms with Crippen molar-refractivity contribution in [2.45, 2.75) is 18.6 Å². The largest absolute Gasteiger partial charge is 0.389 e. The third-order valence-electron chi connectivity index (χ3n) is 1.19. The highest BCUT2D eigenvalue weighted by atomic mass is 35.5. The number of terminal acetylenes is 1. The molecule has 2 atom stereocenters. The summed E-state index contributed by atoms with van der Waals surface area (Å²) in [6, 6.07) is 0. The predicted octanol–water partition coefficient (Wildman–Crippen LogP) is 0.484. The molecule has 2 N–H and O–H groups in total. The van der Waals surface area contributed by atoms with Gasteiger partial charge in [0.1, 0.15) is 0 Å². The third-order valence-corrected chi connectivity index (χ3v) is 1.31. The predicted molar refractivity (Wildman–Crippen MR) is 40.5 cm³/mol. The summed E-state index contributed by atoms with van der Waals surface area (Å²) in [5, 5.41) is 18.1. The molecule has 0 saturated carbocycles. The van der Waals surface area contributed by atoms with Crippen molar-refractivity contribution in [3.8, 4) is 12.3 Å². The van der Waals surface area contributed by atoms with Crippen molar-refractivity contribution in [2.75, 3.05) is 0 Å².